The summed E-state index contributed by atoms with van der Waals surface area (Å²) in [5.74, 6) is 4.89. The highest BCUT2D eigenvalue weighted by molar-refractivity contribution is 5.26. The van der Waals surface area contributed by atoms with E-state index in [-0.39, 0.29) is 11.5 Å². The Morgan fingerprint density at radius 2 is 1.16 bits per heavy atom. The van der Waals surface area contributed by atoms with E-state index >= 15 is 0 Å². The summed E-state index contributed by atoms with van der Waals surface area (Å²) in [7, 11) is 0. The number of benzene rings is 4. The van der Waals surface area contributed by atoms with Gasteiger partial charge in [0.15, 0.2) is 6.29 Å². The molecule has 6 nitrogen and oxygen atoms in total. The van der Waals surface area contributed by atoms with Crippen molar-refractivity contribution in [1.29, 1.82) is 0 Å². The largest absolute Gasteiger partial charge is 0.374 e. The van der Waals surface area contributed by atoms with Crippen LogP contribution in [0.1, 0.15) is 128 Å². The van der Waals surface area contributed by atoms with Crippen molar-refractivity contribution in [2.45, 2.75) is 168 Å². The van der Waals surface area contributed by atoms with Crippen LogP contribution in [0.3, 0.4) is 0 Å². The molecule has 0 amide bonds. The van der Waals surface area contributed by atoms with Crippen LogP contribution in [0, 0.1) is 46.3 Å². The molecule has 13 atom stereocenters. The molecule has 0 aromatic heterocycles. The molecule has 1 heterocycles. The van der Waals surface area contributed by atoms with Gasteiger partial charge in [-0.1, -0.05) is 187 Å². The molecule has 4 aromatic carbocycles. The number of allylic oxidation sites excluding steroid dienone is 1. The van der Waals surface area contributed by atoms with Crippen molar-refractivity contribution < 1.29 is 28.4 Å². The lowest BCUT2D eigenvalue weighted by molar-refractivity contribution is -0.337. The number of hydrogen-bond donors (Lipinski definition) is 0. The SMILES string of the molecule is CC(C)CCC[C@@H](C)[C@H]1CC[C@H]2[C@@H]3CC=C4C[C@@H](O[C@H]5OC(COCc6ccccc6)[C@@H](OCc6ccccc6)C(OCc6ccccc6)C5OCc5ccccc5)CC[C@]4(C)[C@H]3CC[C@]12C. The van der Waals surface area contributed by atoms with Gasteiger partial charge >= 0.3 is 0 Å². The van der Waals surface area contributed by atoms with Gasteiger partial charge < -0.3 is 28.4 Å². The molecule has 0 N–H and O–H groups in total. The minimum atomic E-state index is -0.689. The summed E-state index contributed by atoms with van der Waals surface area (Å²) in [4.78, 5) is 0. The topological polar surface area (TPSA) is 55.4 Å². The Hall–Kier alpha value is -3.62. The van der Waals surface area contributed by atoms with E-state index in [1.165, 1.54) is 51.4 Å². The molecule has 5 aliphatic rings. The quantitative estimate of drug-likeness (QED) is 0.0824. The minimum Gasteiger partial charge on any atom is -0.374 e. The third-order valence-corrected chi connectivity index (χ3v) is 17.4. The van der Waals surface area contributed by atoms with Crippen molar-refractivity contribution in [1.82, 2.24) is 0 Å². The normalized spacial score (nSPS) is 33.1. The van der Waals surface area contributed by atoms with Crippen LogP contribution in [0.15, 0.2) is 133 Å². The molecule has 3 unspecified atom stereocenters. The van der Waals surface area contributed by atoms with Crippen LogP contribution in [0.2, 0.25) is 0 Å². The zero-order valence-electron chi connectivity index (χ0n) is 41.3. The Kier molecular flexibility index (Phi) is 16.2. The van der Waals surface area contributed by atoms with Gasteiger partial charge in [0, 0.05) is 0 Å². The Labute approximate surface area is 403 Å². The van der Waals surface area contributed by atoms with E-state index < -0.39 is 30.7 Å². The van der Waals surface area contributed by atoms with Crippen LogP contribution < -0.4 is 0 Å². The van der Waals surface area contributed by atoms with Crippen molar-refractivity contribution in [2.75, 3.05) is 6.61 Å². The molecule has 0 bridgehead atoms. The smallest absolute Gasteiger partial charge is 0.187 e. The maximum absolute atomic E-state index is 7.35. The molecular formula is C61H80O6. The fourth-order valence-corrected chi connectivity index (χ4v) is 13.8. The van der Waals surface area contributed by atoms with E-state index in [1.54, 1.807) is 5.57 Å². The van der Waals surface area contributed by atoms with E-state index in [0.29, 0.717) is 38.4 Å². The van der Waals surface area contributed by atoms with Crippen LogP contribution >= 0.6 is 0 Å². The maximum Gasteiger partial charge on any atom is 0.187 e. The highest BCUT2D eigenvalue weighted by atomic mass is 16.7. The van der Waals surface area contributed by atoms with Crippen LogP contribution in [0.25, 0.3) is 0 Å². The fraction of sp³-hybridized carbons (Fsp3) is 0.574. The lowest BCUT2D eigenvalue weighted by atomic mass is 9.47. The van der Waals surface area contributed by atoms with Crippen molar-refractivity contribution in [3.8, 4) is 0 Å². The molecule has 9 rings (SSSR count). The molecular weight excluding hydrogens is 829 g/mol. The second-order valence-corrected chi connectivity index (χ2v) is 22.1. The van der Waals surface area contributed by atoms with Crippen LogP contribution in [-0.4, -0.2) is 43.4 Å². The predicted octanol–water partition coefficient (Wildman–Crippen LogP) is 14.1. The Balaban J connectivity index is 0.963. The van der Waals surface area contributed by atoms with Gasteiger partial charge in [-0.05, 0) is 120 Å². The fourth-order valence-electron chi connectivity index (χ4n) is 13.8. The third kappa shape index (κ3) is 11.4. The first kappa shape index (κ1) is 48.4. The van der Waals surface area contributed by atoms with E-state index in [2.05, 4.69) is 138 Å². The number of hydrogen-bond acceptors (Lipinski definition) is 6. The molecule has 0 radical (unpaired) electrons. The van der Waals surface area contributed by atoms with Gasteiger partial charge in [-0.15, -0.1) is 0 Å². The van der Waals surface area contributed by atoms with Crippen LogP contribution in [0.4, 0.5) is 0 Å². The molecule has 4 aliphatic carbocycles. The van der Waals surface area contributed by atoms with Crippen molar-refractivity contribution >= 4 is 0 Å². The molecule has 4 fully saturated rings. The summed E-state index contributed by atoms with van der Waals surface area (Å²) in [5.41, 5.74) is 6.70. The van der Waals surface area contributed by atoms with E-state index in [4.69, 9.17) is 28.4 Å². The van der Waals surface area contributed by atoms with Crippen LogP contribution in [-0.2, 0) is 54.8 Å². The zero-order chi connectivity index (χ0) is 46.2. The van der Waals surface area contributed by atoms with E-state index in [1.807, 2.05) is 24.3 Å². The second kappa shape index (κ2) is 22.4. The first-order valence-corrected chi connectivity index (χ1v) is 26.3. The molecule has 67 heavy (non-hydrogen) atoms. The average molecular weight is 909 g/mol. The van der Waals surface area contributed by atoms with Crippen molar-refractivity contribution in [3.05, 3.63) is 155 Å². The maximum atomic E-state index is 7.35. The number of fused-ring (bicyclic) bond motifs is 5. The molecule has 0 spiro atoms. The second-order valence-electron chi connectivity index (χ2n) is 22.1. The predicted molar refractivity (Wildman–Crippen MR) is 268 cm³/mol. The van der Waals surface area contributed by atoms with Gasteiger partial charge in [0.25, 0.3) is 0 Å². The molecule has 1 saturated heterocycles. The minimum absolute atomic E-state index is 0.00236. The van der Waals surface area contributed by atoms with E-state index in [9.17, 15) is 0 Å². The average Bonchev–Trinajstić information content (AvgIpc) is 3.71. The summed E-state index contributed by atoms with van der Waals surface area (Å²) in [5, 5.41) is 0. The van der Waals surface area contributed by atoms with Gasteiger partial charge in [0.2, 0.25) is 0 Å². The highest BCUT2D eigenvalue weighted by Gasteiger charge is 2.59. The highest BCUT2D eigenvalue weighted by Crippen LogP contribution is 2.67. The first-order chi connectivity index (χ1) is 32.7. The lowest BCUT2D eigenvalue weighted by Gasteiger charge is -2.58. The summed E-state index contributed by atoms with van der Waals surface area (Å²) < 4.78 is 42.1. The molecule has 360 valence electrons. The monoisotopic (exact) mass is 909 g/mol. The van der Waals surface area contributed by atoms with Crippen LogP contribution in [0.5, 0.6) is 0 Å². The Bertz CT molecular complexity index is 2130. The summed E-state index contributed by atoms with van der Waals surface area (Å²) >= 11 is 0. The van der Waals surface area contributed by atoms with Gasteiger partial charge in [0.05, 0.1) is 39.1 Å². The Morgan fingerprint density at radius 1 is 0.597 bits per heavy atom. The third-order valence-electron chi connectivity index (χ3n) is 17.4. The van der Waals surface area contributed by atoms with E-state index in [0.717, 1.165) is 77.0 Å². The van der Waals surface area contributed by atoms with Gasteiger partial charge in [0.1, 0.15) is 24.4 Å². The van der Waals surface area contributed by atoms with Crippen molar-refractivity contribution in [3.63, 3.8) is 0 Å². The van der Waals surface area contributed by atoms with Gasteiger partial charge in [-0.25, -0.2) is 0 Å². The summed E-state index contributed by atoms with van der Waals surface area (Å²) in [6.45, 7) is 14.7. The number of rotatable bonds is 20. The molecule has 3 saturated carbocycles. The molecule has 4 aromatic rings. The molecule has 1 aliphatic heterocycles. The molecule has 6 heteroatoms. The summed E-state index contributed by atoms with van der Waals surface area (Å²) in [6.07, 6.45) is 14.0. The zero-order valence-corrected chi connectivity index (χ0v) is 41.3. The summed E-state index contributed by atoms with van der Waals surface area (Å²) in [6, 6.07) is 41.5. The standard InChI is InChI=1S/C61H80O6/c1-43(2)19-18-20-44(3)52-31-32-53-51-30-29-49-37-50(33-35-60(49,4)54(51)34-36-61(52,53)5)66-59-58(65-41-48-27-16-9-17-28-48)57(64-40-47-25-14-8-15-26-47)56(63-39-46-23-12-7-13-24-46)55(67-59)42-62-38-45-21-10-6-11-22-45/h6-17,21-29,43-44,50-59H,18-20,30-42H2,1-5H3/t44-,50+,51+,52-,53+,54+,55?,56-,57?,58?,59+,60+,61-/m1/s1. The number of ether oxygens (including phenoxy) is 6. The first-order valence-electron chi connectivity index (χ1n) is 26.3. The van der Waals surface area contributed by atoms with Gasteiger partial charge in [-0.3, -0.25) is 0 Å². The van der Waals surface area contributed by atoms with Crippen molar-refractivity contribution in [2.24, 2.45) is 46.3 Å². The Morgan fingerprint density at radius 3 is 1.76 bits per heavy atom. The lowest BCUT2D eigenvalue weighted by Crippen LogP contribution is -2.62. The van der Waals surface area contributed by atoms with Gasteiger partial charge in [-0.2, -0.15) is 0 Å².